The van der Waals surface area contributed by atoms with Gasteiger partial charge in [-0.3, -0.25) is 9.59 Å². The molecule has 0 spiro atoms. The molecule has 1 heterocycles. The molecule has 2 aromatic carbocycles. The largest absolute Gasteiger partial charge is 0.343 e. The van der Waals surface area contributed by atoms with Gasteiger partial charge in [0.15, 0.2) is 0 Å². The zero-order valence-corrected chi connectivity index (χ0v) is 16.9. The molecule has 2 amide bonds. The van der Waals surface area contributed by atoms with Crippen LogP contribution >= 0.6 is 11.6 Å². The van der Waals surface area contributed by atoms with E-state index in [1.54, 1.807) is 51.4 Å². The topological polar surface area (TPSA) is 62.3 Å². The van der Waals surface area contributed by atoms with Gasteiger partial charge in [0, 0.05) is 30.4 Å². The summed E-state index contributed by atoms with van der Waals surface area (Å²) in [6, 6.07) is 14.1. The van der Waals surface area contributed by atoms with Crippen molar-refractivity contribution in [3.63, 3.8) is 0 Å². The Morgan fingerprint density at radius 2 is 1.72 bits per heavy atom. The summed E-state index contributed by atoms with van der Waals surface area (Å²) >= 11 is 5.93. The van der Waals surface area contributed by atoms with Crippen molar-refractivity contribution in [1.82, 2.24) is 9.88 Å². The van der Waals surface area contributed by atoms with Crippen LogP contribution in [0.3, 0.4) is 0 Å². The third-order valence-electron chi connectivity index (χ3n) is 4.34. The van der Waals surface area contributed by atoms with Gasteiger partial charge in [-0.1, -0.05) is 23.7 Å². The molecule has 0 saturated carbocycles. The van der Waals surface area contributed by atoms with Gasteiger partial charge in [-0.2, -0.15) is 0 Å². The molecular weight excluding hydrogens is 393 g/mol. The van der Waals surface area contributed by atoms with Gasteiger partial charge in [-0.25, -0.2) is 9.37 Å². The zero-order valence-electron chi connectivity index (χ0n) is 16.2. The Morgan fingerprint density at radius 3 is 2.34 bits per heavy atom. The SMILES string of the molecule is Cc1nc(C(=O)N(C)C)ccc1C(=O)Nc1ccc(F)cc1-c1ccc(Cl)cc1. The first-order chi connectivity index (χ1) is 13.8. The zero-order chi connectivity index (χ0) is 21.1. The number of halogens is 2. The Hall–Kier alpha value is -3.25. The molecule has 3 rings (SSSR count). The maximum absolute atomic E-state index is 13.8. The standard InChI is InChI=1S/C22H19ClFN3O2/c1-13-17(9-11-20(25-13)22(29)27(2)3)21(28)26-19-10-8-16(24)12-18(19)14-4-6-15(23)7-5-14/h4-12H,1-3H3,(H,26,28). The van der Waals surface area contributed by atoms with E-state index in [1.807, 2.05) is 0 Å². The molecule has 148 valence electrons. The van der Waals surface area contributed by atoms with Crippen molar-refractivity contribution < 1.29 is 14.0 Å². The molecule has 0 atom stereocenters. The summed E-state index contributed by atoms with van der Waals surface area (Å²) in [6.07, 6.45) is 0. The molecule has 7 heteroatoms. The second-order valence-corrected chi connectivity index (χ2v) is 7.12. The van der Waals surface area contributed by atoms with E-state index < -0.39 is 11.7 Å². The van der Waals surface area contributed by atoms with Crippen molar-refractivity contribution in [2.24, 2.45) is 0 Å². The predicted molar refractivity (Wildman–Crippen MR) is 112 cm³/mol. The summed E-state index contributed by atoms with van der Waals surface area (Å²) in [7, 11) is 3.26. The maximum Gasteiger partial charge on any atom is 0.271 e. The van der Waals surface area contributed by atoms with Gasteiger partial charge in [0.1, 0.15) is 11.5 Å². The highest BCUT2D eigenvalue weighted by Crippen LogP contribution is 2.30. The minimum absolute atomic E-state index is 0.247. The molecule has 1 aromatic heterocycles. The molecule has 0 aliphatic heterocycles. The van der Waals surface area contributed by atoms with Crippen molar-refractivity contribution in [2.45, 2.75) is 6.92 Å². The number of carbonyl (C=O) groups excluding carboxylic acids is 2. The summed E-state index contributed by atoms with van der Waals surface area (Å²) in [5, 5.41) is 3.37. The number of aromatic nitrogens is 1. The molecule has 29 heavy (non-hydrogen) atoms. The summed E-state index contributed by atoms with van der Waals surface area (Å²) < 4.78 is 13.8. The van der Waals surface area contributed by atoms with Crippen molar-refractivity contribution in [1.29, 1.82) is 0 Å². The van der Waals surface area contributed by atoms with Crippen LogP contribution in [0.15, 0.2) is 54.6 Å². The second kappa shape index (κ2) is 8.41. The minimum atomic E-state index is -0.419. The molecule has 0 aliphatic carbocycles. The number of nitrogens with zero attached hydrogens (tertiary/aromatic N) is 2. The number of aryl methyl sites for hydroxylation is 1. The number of hydrogen-bond donors (Lipinski definition) is 1. The fraction of sp³-hybridized carbons (Fsp3) is 0.136. The Morgan fingerprint density at radius 1 is 1.03 bits per heavy atom. The van der Waals surface area contributed by atoms with Gasteiger partial charge in [0.25, 0.3) is 11.8 Å². The second-order valence-electron chi connectivity index (χ2n) is 6.68. The van der Waals surface area contributed by atoms with Crippen LogP contribution in [-0.2, 0) is 0 Å². The molecule has 0 aliphatic rings. The van der Waals surface area contributed by atoms with Crippen LogP contribution < -0.4 is 5.32 Å². The Kier molecular flexibility index (Phi) is 5.94. The van der Waals surface area contributed by atoms with Crippen LogP contribution in [0.4, 0.5) is 10.1 Å². The number of amides is 2. The number of hydrogen-bond acceptors (Lipinski definition) is 3. The highest BCUT2D eigenvalue weighted by molar-refractivity contribution is 6.30. The number of anilines is 1. The van der Waals surface area contributed by atoms with Gasteiger partial charge in [-0.15, -0.1) is 0 Å². The van der Waals surface area contributed by atoms with Gasteiger partial charge in [0.05, 0.1) is 11.3 Å². The molecule has 0 bridgehead atoms. The van der Waals surface area contributed by atoms with Gasteiger partial charge >= 0.3 is 0 Å². The summed E-state index contributed by atoms with van der Waals surface area (Å²) in [4.78, 5) is 30.5. The van der Waals surface area contributed by atoms with E-state index in [9.17, 15) is 14.0 Å². The van der Waals surface area contributed by atoms with Crippen LogP contribution in [0.1, 0.15) is 26.5 Å². The molecule has 1 N–H and O–H groups in total. The van der Waals surface area contributed by atoms with E-state index in [2.05, 4.69) is 10.3 Å². The first-order valence-electron chi connectivity index (χ1n) is 8.82. The summed E-state index contributed by atoms with van der Waals surface area (Å²) in [5.74, 6) is -1.07. The van der Waals surface area contributed by atoms with Gasteiger partial charge < -0.3 is 10.2 Å². The molecule has 0 saturated heterocycles. The number of benzene rings is 2. The van der Waals surface area contributed by atoms with E-state index in [1.165, 1.54) is 29.2 Å². The Balaban J connectivity index is 1.92. The normalized spacial score (nSPS) is 10.5. The van der Waals surface area contributed by atoms with E-state index in [0.29, 0.717) is 33.1 Å². The minimum Gasteiger partial charge on any atom is -0.343 e. The van der Waals surface area contributed by atoms with E-state index in [-0.39, 0.29) is 11.6 Å². The highest BCUT2D eigenvalue weighted by atomic mass is 35.5. The van der Waals surface area contributed by atoms with Gasteiger partial charge in [0.2, 0.25) is 0 Å². The highest BCUT2D eigenvalue weighted by Gasteiger charge is 2.17. The fourth-order valence-electron chi connectivity index (χ4n) is 2.83. The Bertz CT molecular complexity index is 1080. The lowest BCUT2D eigenvalue weighted by Gasteiger charge is -2.14. The van der Waals surface area contributed by atoms with E-state index in [4.69, 9.17) is 11.6 Å². The average Bonchev–Trinajstić information content (AvgIpc) is 2.69. The third-order valence-corrected chi connectivity index (χ3v) is 4.59. The molecule has 5 nitrogen and oxygen atoms in total. The number of nitrogens with one attached hydrogen (secondary N) is 1. The maximum atomic E-state index is 13.8. The van der Waals surface area contributed by atoms with Crippen molar-refractivity contribution in [2.75, 3.05) is 19.4 Å². The van der Waals surface area contributed by atoms with Crippen LogP contribution in [0, 0.1) is 12.7 Å². The van der Waals surface area contributed by atoms with Crippen molar-refractivity contribution in [3.05, 3.63) is 82.4 Å². The first-order valence-corrected chi connectivity index (χ1v) is 9.20. The summed E-state index contributed by atoms with van der Waals surface area (Å²) in [6.45, 7) is 1.66. The number of carbonyl (C=O) groups is 2. The molecule has 0 radical (unpaired) electrons. The smallest absolute Gasteiger partial charge is 0.271 e. The van der Waals surface area contributed by atoms with Crippen LogP contribution in [0.5, 0.6) is 0 Å². The molecule has 0 fully saturated rings. The first kappa shape index (κ1) is 20.5. The van der Waals surface area contributed by atoms with Gasteiger partial charge in [-0.05, 0) is 55.0 Å². The number of rotatable bonds is 4. The third kappa shape index (κ3) is 4.60. The van der Waals surface area contributed by atoms with Crippen molar-refractivity contribution in [3.8, 4) is 11.1 Å². The van der Waals surface area contributed by atoms with E-state index in [0.717, 1.165) is 0 Å². The molecular formula is C22H19ClFN3O2. The lowest BCUT2D eigenvalue weighted by atomic mass is 10.0. The lowest BCUT2D eigenvalue weighted by Crippen LogP contribution is -2.24. The Labute approximate surface area is 173 Å². The van der Waals surface area contributed by atoms with Crippen LogP contribution in [-0.4, -0.2) is 35.8 Å². The fourth-order valence-corrected chi connectivity index (χ4v) is 2.96. The quantitative estimate of drug-likeness (QED) is 0.670. The number of pyridine rings is 1. The average molecular weight is 412 g/mol. The van der Waals surface area contributed by atoms with Crippen LogP contribution in [0.25, 0.3) is 11.1 Å². The van der Waals surface area contributed by atoms with E-state index >= 15 is 0 Å². The lowest BCUT2D eigenvalue weighted by molar-refractivity contribution is 0.0821. The van der Waals surface area contributed by atoms with Crippen molar-refractivity contribution >= 4 is 29.1 Å². The van der Waals surface area contributed by atoms with Crippen LogP contribution in [0.2, 0.25) is 5.02 Å². The molecule has 0 unspecified atom stereocenters. The predicted octanol–water partition coefficient (Wildman–Crippen LogP) is 4.80. The molecule has 3 aromatic rings. The monoisotopic (exact) mass is 411 g/mol. The summed E-state index contributed by atoms with van der Waals surface area (Å²) in [5.41, 5.74) is 2.70.